The summed E-state index contributed by atoms with van der Waals surface area (Å²) >= 11 is 0. The number of aromatic amines is 1. The van der Waals surface area contributed by atoms with Gasteiger partial charge in [0.2, 0.25) is 0 Å². The fourth-order valence-corrected chi connectivity index (χ4v) is 2.23. The van der Waals surface area contributed by atoms with E-state index in [4.69, 9.17) is 9.90 Å². The number of aliphatic carboxylic acids is 1. The molecule has 31 heavy (non-hydrogen) atoms. The van der Waals surface area contributed by atoms with Crippen LogP contribution in [0.1, 0.15) is 21.5 Å². The number of hydrogen-bond acceptors (Lipinski definition) is 5. The van der Waals surface area contributed by atoms with Gasteiger partial charge in [0.15, 0.2) is 0 Å². The second-order valence-corrected chi connectivity index (χ2v) is 6.20. The molecule has 0 aliphatic rings. The summed E-state index contributed by atoms with van der Waals surface area (Å²) in [6, 6.07) is 12.8. The van der Waals surface area contributed by atoms with Crippen LogP contribution < -0.4 is 10.9 Å². The minimum absolute atomic E-state index is 0.0314. The summed E-state index contributed by atoms with van der Waals surface area (Å²) in [6.45, 7) is 2.35. The minimum atomic E-state index is -5.08. The van der Waals surface area contributed by atoms with E-state index in [1.165, 1.54) is 6.07 Å². The Kier molecular flexibility index (Phi) is 7.61. The van der Waals surface area contributed by atoms with E-state index in [1.807, 2.05) is 31.2 Å². The lowest BCUT2D eigenvalue weighted by Gasteiger charge is -2.06. The number of nitrogens with zero attached hydrogens (tertiary/aromatic N) is 2. The predicted molar refractivity (Wildman–Crippen MR) is 104 cm³/mol. The van der Waals surface area contributed by atoms with Crippen molar-refractivity contribution in [1.82, 2.24) is 20.5 Å². The summed E-state index contributed by atoms with van der Waals surface area (Å²) in [7, 11) is 0. The van der Waals surface area contributed by atoms with E-state index in [0.29, 0.717) is 12.2 Å². The van der Waals surface area contributed by atoms with Gasteiger partial charge in [-0.25, -0.2) is 9.89 Å². The number of pyridine rings is 1. The average molecular weight is 434 g/mol. The molecule has 3 N–H and O–H groups in total. The predicted octanol–water partition coefficient (Wildman–Crippen LogP) is 2.70. The topological polar surface area (TPSA) is 125 Å². The first kappa shape index (κ1) is 23.3. The Morgan fingerprint density at radius 3 is 2.23 bits per heavy atom. The van der Waals surface area contributed by atoms with Crippen LogP contribution in [0.2, 0.25) is 0 Å². The molecule has 1 amide bonds. The van der Waals surface area contributed by atoms with E-state index in [2.05, 4.69) is 20.5 Å². The lowest BCUT2D eigenvalue weighted by atomic mass is 10.1. The first-order valence-corrected chi connectivity index (χ1v) is 8.72. The Bertz CT molecular complexity index is 1100. The van der Waals surface area contributed by atoms with Gasteiger partial charge in [-0.15, -0.1) is 0 Å². The molecule has 2 aromatic heterocycles. The highest BCUT2D eigenvalue weighted by Gasteiger charge is 2.38. The molecule has 0 aliphatic carbocycles. The number of carboxylic acid groups (broad SMARTS) is 1. The van der Waals surface area contributed by atoms with Crippen molar-refractivity contribution in [2.75, 3.05) is 0 Å². The summed E-state index contributed by atoms with van der Waals surface area (Å²) in [5, 5.41) is 16.2. The zero-order chi connectivity index (χ0) is 23.0. The fourth-order valence-electron chi connectivity index (χ4n) is 2.23. The Morgan fingerprint density at radius 2 is 1.68 bits per heavy atom. The van der Waals surface area contributed by atoms with Crippen molar-refractivity contribution in [3.8, 4) is 11.3 Å². The van der Waals surface area contributed by atoms with Crippen LogP contribution in [0.25, 0.3) is 11.3 Å². The van der Waals surface area contributed by atoms with E-state index in [-0.39, 0.29) is 5.56 Å². The van der Waals surface area contributed by atoms with Gasteiger partial charge in [0.05, 0.1) is 5.69 Å². The van der Waals surface area contributed by atoms with Gasteiger partial charge in [-0.3, -0.25) is 14.6 Å². The number of H-pyrrole nitrogens is 1. The van der Waals surface area contributed by atoms with Gasteiger partial charge in [0, 0.05) is 24.5 Å². The van der Waals surface area contributed by atoms with Crippen LogP contribution in [0.15, 0.2) is 59.7 Å². The zero-order valence-corrected chi connectivity index (χ0v) is 16.1. The number of nitrogens with one attached hydrogen (secondary N) is 2. The summed E-state index contributed by atoms with van der Waals surface area (Å²) in [6.07, 6.45) is -1.83. The molecule has 0 saturated carbocycles. The SMILES string of the molecule is Cc1ccc(CNC(=O)c2cc(-c3ccncc3)n[nH]c2=O)cc1.O=C(O)C(F)(F)F. The Balaban J connectivity index is 0.000000423. The number of carbonyl (C=O) groups excluding carboxylic acids is 1. The van der Waals surface area contributed by atoms with Gasteiger partial charge in [-0.2, -0.15) is 18.3 Å². The molecule has 0 atom stereocenters. The number of halogens is 3. The smallest absolute Gasteiger partial charge is 0.475 e. The molecule has 3 rings (SSSR count). The van der Waals surface area contributed by atoms with Crippen LogP contribution in [0.3, 0.4) is 0 Å². The molecule has 0 spiro atoms. The molecule has 3 aromatic rings. The minimum Gasteiger partial charge on any atom is -0.475 e. The van der Waals surface area contributed by atoms with Crippen molar-refractivity contribution < 1.29 is 27.9 Å². The first-order chi connectivity index (χ1) is 14.6. The number of carbonyl (C=O) groups is 2. The van der Waals surface area contributed by atoms with Crippen molar-refractivity contribution in [3.05, 3.63) is 81.9 Å². The van der Waals surface area contributed by atoms with Crippen molar-refractivity contribution in [2.45, 2.75) is 19.6 Å². The summed E-state index contributed by atoms with van der Waals surface area (Å²) < 4.78 is 31.7. The van der Waals surface area contributed by atoms with E-state index in [9.17, 15) is 22.8 Å². The molecule has 0 unspecified atom stereocenters. The third kappa shape index (κ3) is 7.07. The zero-order valence-electron chi connectivity index (χ0n) is 16.1. The highest BCUT2D eigenvalue weighted by molar-refractivity contribution is 5.94. The van der Waals surface area contributed by atoms with E-state index < -0.39 is 23.6 Å². The molecule has 11 heteroatoms. The van der Waals surface area contributed by atoms with Crippen molar-refractivity contribution in [1.29, 1.82) is 0 Å². The maximum Gasteiger partial charge on any atom is 0.490 e. The highest BCUT2D eigenvalue weighted by Crippen LogP contribution is 2.14. The van der Waals surface area contributed by atoms with Gasteiger partial charge in [0.1, 0.15) is 5.56 Å². The number of hydrogen-bond donors (Lipinski definition) is 3. The van der Waals surface area contributed by atoms with Gasteiger partial charge < -0.3 is 10.4 Å². The fraction of sp³-hybridized carbons (Fsp3) is 0.150. The molecule has 0 saturated heterocycles. The maximum atomic E-state index is 12.3. The van der Waals surface area contributed by atoms with E-state index in [1.54, 1.807) is 24.5 Å². The first-order valence-electron chi connectivity index (χ1n) is 8.72. The van der Waals surface area contributed by atoms with Crippen LogP contribution in [0.4, 0.5) is 13.2 Å². The molecule has 8 nitrogen and oxygen atoms in total. The Morgan fingerprint density at radius 1 is 1.10 bits per heavy atom. The molecule has 0 radical (unpaired) electrons. The van der Waals surface area contributed by atoms with Gasteiger partial charge >= 0.3 is 12.1 Å². The van der Waals surface area contributed by atoms with Crippen LogP contribution in [0.5, 0.6) is 0 Å². The second-order valence-electron chi connectivity index (χ2n) is 6.20. The second kappa shape index (κ2) is 10.1. The number of rotatable bonds is 4. The van der Waals surface area contributed by atoms with Gasteiger partial charge in [-0.1, -0.05) is 29.8 Å². The van der Waals surface area contributed by atoms with E-state index in [0.717, 1.165) is 16.7 Å². The lowest BCUT2D eigenvalue weighted by Crippen LogP contribution is -2.29. The lowest BCUT2D eigenvalue weighted by molar-refractivity contribution is -0.192. The van der Waals surface area contributed by atoms with Crippen LogP contribution in [-0.4, -0.2) is 38.3 Å². The van der Waals surface area contributed by atoms with Gasteiger partial charge in [-0.05, 0) is 30.7 Å². The maximum absolute atomic E-state index is 12.3. The highest BCUT2D eigenvalue weighted by atomic mass is 19.4. The quantitative estimate of drug-likeness (QED) is 0.580. The molecule has 2 heterocycles. The number of aromatic nitrogens is 3. The van der Waals surface area contributed by atoms with Crippen molar-refractivity contribution >= 4 is 11.9 Å². The number of amides is 1. The molecule has 162 valence electrons. The summed E-state index contributed by atoms with van der Waals surface area (Å²) in [5.41, 5.74) is 2.91. The summed E-state index contributed by atoms with van der Waals surface area (Å²) in [4.78, 5) is 37.1. The molecular weight excluding hydrogens is 417 g/mol. The van der Waals surface area contributed by atoms with Crippen LogP contribution >= 0.6 is 0 Å². The molecule has 0 aliphatic heterocycles. The van der Waals surface area contributed by atoms with Crippen LogP contribution in [-0.2, 0) is 11.3 Å². The van der Waals surface area contributed by atoms with Gasteiger partial charge in [0.25, 0.3) is 11.5 Å². The number of carboxylic acids is 1. The Hall–Kier alpha value is -4.02. The standard InChI is InChI=1S/C18H16N4O2.C2HF3O2/c1-12-2-4-13(5-3-12)11-20-17(23)15-10-16(21-22-18(15)24)14-6-8-19-9-7-14;3-2(4,5)1(6)7/h2-10H,11H2,1H3,(H,20,23)(H,22,24);(H,6,7). The number of aryl methyl sites for hydroxylation is 1. The molecule has 0 bridgehead atoms. The van der Waals surface area contributed by atoms with E-state index >= 15 is 0 Å². The largest absolute Gasteiger partial charge is 0.490 e. The molecule has 0 fully saturated rings. The third-order valence-corrected chi connectivity index (χ3v) is 3.84. The average Bonchev–Trinajstić information content (AvgIpc) is 2.74. The number of alkyl halides is 3. The normalized spacial score (nSPS) is 10.6. The number of benzene rings is 1. The molecular formula is C20H17F3N4O4. The van der Waals surface area contributed by atoms with Crippen molar-refractivity contribution in [2.24, 2.45) is 0 Å². The molecule has 1 aromatic carbocycles. The van der Waals surface area contributed by atoms with Crippen molar-refractivity contribution in [3.63, 3.8) is 0 Å². The summed E-state index contributed by atoms with van der Waals surface area (Å²) in [5.74, 6) is -3.19. The monoisotopic (exact) mass is 434 g/mol. The van der Waals surface area contributed by atoms with Crippen LogP contribution in [0, 0.1) is 6.92 Å². The Labute approximate surface area is 173 Å². The third-order valence-electron chi connectivity index (χ3n) is 3.84.